The SMILES string of the molecule is CCCCC/C=C\C/C=C\C/C=C\CCCCCCC(=O)OC[C@H](COP(=O)(O)OC[C@H](N)C(=O)O)OC(=O)CCCCCCCCCCCCCCCCCC. The molecular formula is C45H82NO10P. The zero-order valence-corrected chi connectivity index (χ0v) is 36.8. The molecule has 1 unspecified atom stereocenters. The lowest BCUT2D eigenvalue weighted by molar-refractivity contribution is -0.161. The van der Waals surface area contributed by atoms with Gasteiger partial charge < -0.3 is 25.2 Å². The smallest absolute Gasteiger partial charge is 0.472 e. The van der Waals surface area contributed by atoms with E-state index in [1.54, 1.807) is 0 Å². The zero-order valence-electron chi connectivity index (χ0n) is 35.9. The number of carbonyl (C=O) groups is 3. The van der Waals surface area contributed by atoms with Crippen LogP contribution in [0.15, 0.2) is 36.5 Å². The molecule has 57 heavy (non-hydrogen) atoms. The van der Waals surface area contributed by atoms with Crippen molar-refractivity contribution in [2.45, 2.75) is 212 Å². The minimum Gasteiger partial charge on any atom is -0.480 e. The molecule has 0 aliphatic heterocycles. The molecule has 0 aromatic carbocycles. The van der Waals surface area contributed by atoms with Crippen molar-refractivity contribution in [3.63, 3.8) is 0 Å². The van der Waals surface area contributed by atoms with Gasteiger partial charge in [-0.1, -0.05) is 172 Å². The predicted molar refractivity (Wildman–Crippen MR) is 231 cm³/mol. The maximum Gasteiger partial charge on any atom is 0.472 e. The van der Waals surface area contributed by atoms with E-state index in [1.807, 2.05) is 0 Å². The summed E-state index contributed by atoms with van der Waals surface area (Å²) in [5.74, 6) is -2.40. The van der Waals surface area contributed by atoms with Gasteiger partial charge in [0.2, 0.25) is 0 Å². The van der Waals surface area contributed by atoms with E-state index in [9.17, 15) is 23.8 Å². The highest BCUT2D eigenvalue weighted by molar-refractivity contribution is 7.47. The minimum atomic E-state index is -4.72. The van der Waals surface area contributed by atoms with Gasteiger partial charge in [0.05, 0.1) is 13.2 Å². The van der Waals surface area contributed by atoms with Crippen LogP contribution in [0, 0.1) is 0 Å². The number of carbonyl (C=O) groups excluding carboxylic acids is 2. The molecule has 0 rings (SSSR count). The summed E-state index contributed by atoms with van der Waals surface area (Å²) in [6.45, 7) is 2.77. The highest BCUT2D eigenvalue weighted by Gasteiger charge is 2.28. The molecule has 0 amide bonds. The van der Waals surface area contributed by atoms with E-state index in [0.29, 0.717) is 12.8 Å². The van der Waals surface area contributed by atoms with Gasteiger partial charge in [0.1, 0.15) is 12.6 Å². The van der Waals surface area contributed by atoms with Crippen molar-refractivity contribution in [2.75, 3.05) is 19.8 Å². The fraction of sp³-hybridized carbons (Fsp3) is 0.800. The fourth-order valence-electron chi connectivity index (χ4n) is 6.07. The second-order valence-corrected chi connectivity index (χ2v) is 16.6. The minimum absolute atomic E-state index is 0.159. The first-order valence-electron chi connectivity index (χ1n) is 22.5. The molecular weight excluding hydrogens is 745 g/mol. The molecule has 12 heteroatoms. The number of carboxylic acids is 1. The standard InChI is InChI=1S/C45H82NO10P/c1-3-5-7-9-11-13-15-17-19-21-23-24-26-28-30-32-34-36-43(47)53-38-41(39-54-57(51,52)55-40-42(46)45(49)50)56-44(48)37-35-33-31-29-27-25-22-20-18-16-14-12-10-8-6-4-2/h11,13,17,19,23-24,41-42H,3-10,12,14-16,18,20-22,25-40,46H2,1-2H3,(H,49,50)(H,51,52)/b13-11-,19-17-,24-23-/t41-,42+/m1/s1. The van der Waals surface area contributed by atoms with Crippen LogP contribution in [-0.4, -0.2) is 59.9 Å². The van der Waals surface area contributed by atoms with Gasteiger partial charge in [-0.3, -0.25) is 23.4 Å². The average Bonchev–Trinajstić information content (AvgIpc) is 3.19. The Morgan fingerprint density at radius 1 is 0.544 bits per heavy atom. The van der Waals surface area contributed by atoms with Crippen LogP contribution in [0.25, 0.3) is 0 Å². The van der Waals surface area contributed by atoms with Gasteiger partial charge in [0.15, 0.2) is 6.10 Å². The fourth-order valence-corrected chi connectivity index (χ4v) is 6.85. The van der Waals surface area contributed by atoms with E-state index >= 15 is 0 Å². The van der Waals surface area contributed by atoms with E-state index in [-0.39, 0.29) is 19.4 Å². The summed E-state index contributed by atoms with van der Waals surface area (Å²) >= 11 is 0. The Morgan fingerprint density at radius 2 is 0.930 bits per heavy atom. The monoisotopic (exact) mass is 828 g/mol. The number of nitrogens with two attached hydrogens (primary N) is 1. The van der Waals surface area contributed by atoms with Gasteiger partial charge in [-0.15, -0.1) is 0 Å². The van der Waals surface area contributed by atoms with Crippen LogP contribution in [0.2, 0.25) is 0 Å². The van der Waals surface area contributed by atoms with Crippen LogP contribution < -0.4 is 5.73 Å². The molecule has 0 heterocycles. The normalized spacial score (nSPS) is 14.0. The molecule has 0 bridgehead atoms. The second kappa shape index (κ2) is 40.5. The van der Waals surface area contributed by atoms with Crippen molar-refractivity contribution in [3.8, 4) is 0 Å². The Balaban J connectivity index is 4.37. The van der Waals surface area contributed by atoms with Gasteiger partial charge in [0, 0.05) is 12.8 Å². The molecule has 0 aromatic heterocycles. The summed E-state index contributed by atoms with van der Waals surface area (Å²) in [7, 11) is -4.72. The van der Waals surface area contributed by atoms with Crippen LogP contribution in [0.3, 0.4) is 0 Å². The number of phosphoric acid groups is 1. The van der Waals surface area contributed by atoms with Crippen LogP contribution >= 0.6 is 7.82 Å². The van der Waals surface area contributed by atoms with E-state index in [4.69, 9.17) is 24.8 Å². The maximum atomic E-state index is 12.6. The van der Waals surface area contributed by atoms with E-state index in [2.05, 4.69) is 54.8 Å². The molecule has 0 aliphatic rings. The quantitative estimate of drug-likeness (QED) is 0.0231. The molecule has 0 saturated carbocycles. The van der Waals surface area contributed by atoms with E-state index in [1.165, 1.54) is 103 Å². The van der Waals surface area contributed by atoms with Gasteiger partial charge in [-0.05, 0) is 51.4 Å². The number of hydrogen-bond donors (Lipinski definition) is 3. The first-order chi connectivity index (χ1) is 27.6. The van der Waals surface area contributed by atoms with Crippen molar-refractivity contribution in [2.24, 2.45) is 5.73 Å². The summed E-state index contributed by atoms with van der Waals surface area (Å²) < 4.78 is 32.7. The Bertz CT molecular complexity index is 1110. The summed E-state index contributed by atoms with van der Waals surface area (Å²) in [5, 5.41) is 8.89. The molecule has 0 aromatic rings. The van der Waals surface area contributed by atoms with Crippen LogP contribution in [0.1, 0.15) is 200 Å². The number of phosphoric ester groups is 1. The molecule has 4 N–H and O–H groups in total. The average molecular weight is 828 g/mol. The summed E-state index contributed by atoms with van der Waals surface area (Å²) in [6.07, 6.45) is 43.4. The summed E-state index contributed by atoms with van der Waals surface area (Å²) in [6, 6.07) is -1.52. The van der Waals surface area contributed by atoms with Gasteiger partial charge in [0.25, 0.3) is 0 Å². The number of aliphatic carboxylic acids is 1. The lowest BCUT2D eigenvalue weighted by atomic mass is 10.0. The predicted octanol–water partition coefficient (Wildman–Crippen LogP) is 12.0. The number of esters is 2. The molecule has 0 fully saturated rings. The Labute approximate surface area is 346 Å². The number of allylic oxidation sites excluding steroid dienone is 6. The third-order valence-corrected chi connectivity index (χ3v) is 10.6. The highest BCUT2D eigenvalue weighted by atomic mass is 31.2. The Morgan fingerprint density at radius 3 is 1.42 bits per heavy atom. The van der Waals surface area contributed by atoms with Crippen molar-refractivity contribution in [3.05, 3.63) is 36.5 Å². The van der Waals surface area contributed by atoms with Crippen molar-refractivity contribution in [1.29, 1.82) is 0 Å². The number of rotatable bonds is 42. The van der Waals surface area contributed by atoms with Crippen molar-refractivity contribution in [1.82, 2.24) is 0 Å². The second-order valence-electron chi connectivity index (χ2n) is 15.2. The van der Waals surface area contributed by atoms with Gasteiger partial charge >= 0.3 is 25.7 Å². The molecule has 11 nitrogen and oxygen atoms in total. The number of hydrogen-bond acceptors (Lipinski definition) is 9. The number of carboxylic acid groups (broad SMARTS) is 1. The van der Waals surface area contributed by atoms with Crippen molar-refractivity contribution >= 4 is 25.7 Å². The van der Waals surface area contributed by atoms with Crippen LogP contribution in [-0.2, 0) is 37.5 Å². The van der Waals surface area contributed by atoms with E-state index in [0.717, 1.165) is 57.8 Å². The lowest BCUT2D eigenvalue weighted by Gasteiger charge is -2.20. The Kier molecular flexibility index (Phi) is 38.8. The number of unbranched alkanes of at least 4 members (excludes halogenated alkanes) is 22. The molecule has 0 aliphatic carbocycles. The highest BCUT2D eigenvalue weighted by Crippen LogP contribution is 2.43. The van der Waals surface area contributed by atoms with Crippen LogP contribution in [0.5, 0.6) is 0 Å². The van der Waals surface area contributed by atoms with Crippen LogP contribution in [0.4, 0.5) is 0 Å². The topological polar surface area (TPSA) is 172 Å². The first-order valence-corrected chi connectivity index (χ1v) is 24.0. The van der Waals surface area contributed by atoms with Gasteiger partial charge in [-0.2, -0.15) is 0 Å². The Hall–Kier alpha value is -2.30. The molecule has 0 spiro atoms. The summed E-state index contributed by atoms with van der Waals surface area (Å²) in [4.78, 5) is 46.0. The largest absolute Gasteiger partial charge is 0.480 e. The van der Waals surface area contributed by atoms with Crippen molar-refractivity contribution < 1.29 is 47.5 Å². The lowest BCUT2D eigenvalue weighted by Crippen LogP contribution is -2.34. The maximum absolute atomic E-state index is 12.6. The molecule has 3 atom stereocenters. The van der Waals surface area contributed by atoms with Gasteiger partial charge in [-0.25, -0.2) is 4.57 Å². The number of ether oxygens (including phenoxy) is 2. The first kappa shape index (κ1) is 54.7. The summed E-state index contributed by atoms with van der Waals surface area (Å²) in [5.41, 5.74) is 5.33. The third kappa shape index (κ3) is 40.3. The third-order valence-electron chi connectivity index (χ3n) is 9.64. The molecule has 0 saturated heterocycles. The zero-order chi connectivity index (χ0) is 42.1. The van der Waals surface area contributed by atoms with E-state index < -0.39 is 51.1 Å². The molecule has 0 radical (unpaired) electrons. The molecule has 332 valence electrons.